The van der Waals surface area contributed by atoms with E-state index < -0.39 is 34.5 Å². The van der Waals surface area contributed by atoms with Crippen molar-refractivity contribution < 1.29 is 27.6 Å². The minimum absolute atomic E-state index is 0.00914. The van der Waals surface area contributed by atoms with Gasteiger partial charge in [-0.05, 0) is 67.0 Å². The van der Waals surface area contributed by atoms with E-state index in [1.807, 2.05) is 0 Å². The lowest BCUT2D eigenvalue weighted by molar-refractivity contribution is 0.107. The minimum Gasteiger partial charge on any atom is -0.612 e. The van der Waals surface area contributed by atoms with Crippen LogP contribution in [0.3, 0.4) is 0 Å². The van der Waals surface area contributed by atoms with Crippen LogP contribution in [0.1, 0.15) is 32.1 Å². The molecule has 0 amide bonds. The Kier molecular flexibility index (Phi) is 7.01. The number of pyridine rings is 1. The SMILES string of the molecule is C[S+]([O-])c1c(F)ccc2cc(O)cc(-c3ncc4c(N5C[C@H]6CC[C@@H](C5)N6)nc(OC[C@@]56CCCN5C[C@H](F)C6)nc4c3F)c12. The van der Waals surface area contributed by atoms with E-state index in [4.69, 9.17) is 9.72 Å². The van der Waals surface area contributed by atoms with E-state index in [1.165, 1.54) is 36.7 Å². The predicted octanol–water partition coefficient (Wildman–Crippen LogP) is 4.46. The number of alkyl halides is 1. The molecule has 2 N–H and O–H groups in total. The van der Waals surface area contributed by atoms with Crippen molar-refractivity contribution in [3.8, 4) is 23.0 Å². The second kappa shape index (κ2) is 10.9. The summed E-state index contributed by atoms with van der Waals surface area (Å²) in [5, 5.41) is 15.1. The van der Waals surface area contributed by atoms with Crippen LogP contribution in [0.5, 0.6) is 11.8 Å². The first-order valence-electron chi connectivity index (χ1n) is 15.4. The molecule has 6 heterocycles. The molecule has 8 rings (SSSR count). The second-order valence-corrected chi connectivity index (χ2v) is 14.2. The largest absolute Gasteiger partial charge is 0.612 e. The molecule has 236 valence electrons. The van der Waals surface area contributed by atoms with Crippen LogP contribution in [-0.4, -0.2) is 92.3 Å². The average Bonchev–Trinajstić information content (AvgIpc) is 3.66. The van der Waals surface area contributed by atoms with Gasteiger partial charge in [0, 0.05) is 55.3 Å². The fourth-order valence-electron chi connectivity index (χ4n) is 7.99. The number of anilines is 1. The highest BCUT2D eigenvalue weighted by molar-refractivity contribution is 7.91. The zero-order valence-corrected chi connectivity index (χ0v) is 25.5. The molecule has 1 unspecified atom stereocenters. The smallest absolute Gasteiger partial charge is 0.319 e. The molecule has 4 saturated heterocycles. The van der Waals surface area contributed by atoms with Crippen molar-refractivity contribution in [2.75, 3.05) is 43.9 Å². The second-order valence-electron chi connectivity index (χ2n) is 12.8. The quantitative estimate of drug-likeness (QED) is 0.296. The van der Waals surface area contributed by atoms with Gasteiger partial charge in [0.05, 0.1) is 10.9 Å². The van der Waals surface area contributed by atoms with Gasteiger partial charge < -0.3 is 24.6 Å². The molecule has 2 aromatic heterocycles. The highest BCUT2D eigenvalue weighted by Crippen LogP contribution is 2.42. The summed E-state index contributed by atoms with van der Waals surface area (Å²) in [6, 6.07) is 5.89. The van der Waals surface area contributed by atoms with Crippen molar-refractivity contribution in [1.82, 2.24) is 25.2 Å². The summed E-state index contributed by atoms with van der Waals surface area (Å²) in [7, 11) is 0. The Morgan fingerprint density at radius 2 is 1.96 bits per heavy atom. The van der Waals surface area contributed by atoms with Crippen molar-refractivity contribution in [3.05, 3.63) is 42.1 Å². The highest BCUT2D eigenvalue weighted by Gasteiger charge is 2.49. The molecular formula is C32H33F3N6O3S. The molecule has 2 bridgehead atoms. The normalized spacial score (nSPS) is 27.0. The van der Waals surface area contributed by atoms with E-state index in [9.17, 15) is 18.4 Å². The maximum Gasteiger partial charge on any atom is 0.319 e. The van der Waals surface area contributed by atoms with Gasteiger partial charge in [-0.3, -0.25) is 9.88 Å². The van der Waals surface area contributed by atoms with E-state index >= 15 is 4.39 Å². The van der Waals surface area contributed by atoms with Crippen molar-refractivity contribution in [2.24, 2.45) is 0 Å². The molecule has 4 aromatic rings. The number of benzene rings is 2. The van der Waals surface area contributed by atoms with Gasteiger partial charge in [0.25, 0.3) is 0 Å². The Hall–Kier alpha value is -3.39. The number of rotatable bonds is 6. The van der Waals surface area contributed by atoms with Crippen LogP contribution < -0.4 is 15.0 Å². The van der Waals surface area contributed by atoms with Crippen LogP contribution >= 0.6 is 0 Å². The molecule has 0 saturated carbocycles. The van der Waals surface area contributed by atoms with Crippen LogP contribution in [0.25, 0.3) is 32.9 Å². The van der Waals surface area contributed by atoms with Gasteiger partial charge in [0.15, 0.2) is 16.5 Å². The minimum atomic E-state index is -1.76. The number of hydrogen-bond donors (Lipinski definition) is 2. The number of aromatic nitrogens is 3. The lowest BCUT2D eigenvalue weighted by Gasteiger charge is -2.34. The van der Waals surface area contributed by atoms with E-state index in [1.54, 1.807) is 0 Å². The third kappa shape index (κ3) is 4.86. The summed E-state index contributed by atoms with van der Waals surface area (Å²) >= 11 is -1.76. The predicted molar refractivity (Wildman–Crippen MR) is 165 cm³/mol. The van der Waals surface area contributed by atoms with E-state index in [0.29, 0.717) is 42.6 Å². The molecule has 13 heteroatoms. The molecule has 4 aliphatic heterocycles. The highest BCUT2D eigenvalue weighted by atomic mass is 32.2. The van der Waals surface area contributed by atoms with Crippen LogP contribution in [0.2, 0.25) is 0 Å². The van der Waals surface area contributed by atoms with Crippen molar-refractivity contribution in [2.45, 2.75) is 60.8 Å². The standard InChI is InChI=1S/C32H33F3N6O3S/c1-45(43)29-24(34)6-3-17-9-21(42)10-22(25(17)29)27-26(35)28-23(12-36-27)30(40-14-19-4-5-20(15-40)37-19)39-31(38-28)44-16-32-7-2-8-41(32)13-18(33)11-32/h3,6,9-10,12,18-20,37,42H,2,4-5,7-8,11,13-16H2,1H3/t18-,19-,20+,32+,45?/m1/s1. The third-order valence-corrected chi connectivity index (χ3v) is 10.9. The van der Waals surface area contributed by atoms with Gasteiger partial charge >= 0.3 is 6.01 Å². The molecule has 9 nitrogen and oxygen atoms in total. The third-order valence-electron chi connectivity index (χ3n) is 9.94. The number of nitrogens with one attached hydrogen (secondary N) is 1. The first-order chi connectivity index (χ1) is 21.7. The monoisotopic (exact) mass is 638 g/mol. The summed E-state index contributed by atoms with van der Waals surface area (Å²) in [6.07, 6.45) is 6.13. The summed E-state index contributed by atoms with van der Waals surface area (Å²) in [6.45, 7) is 2.73. The fraction of sp³-hybridized carbons (Fsp3) is 0.469. The van der Waals surface area contributed by atoms with E-state index in [-0.39, 0.29) is 57.5 Å². The lowest BCUT2D eigenvalue weighted by Crippen LogP contribution is -2.51. The van der Waals surface area contributed by atoms with Crippen LogP contribution in [0.4, 0.5) is 19.0 Å². The number of halogens is 3. The molecule has 4 fully saturated rings. The number of hydrogen-bond acceptors (Lipinski definition) is 9. The molecular weight excluding hydrogens is 605 g/mol. The number of ether oxygens (including phenoxy) is 1. The van der Waals surface area contributed by atoms with Gasteiger partial charge in [0.2, 0.25) is 0 Å². The summed E-state index contributed by atoms with van der Waals surface area (Å²) < 4.78 is 65.1. The Morgan fingerprint density at radius 1 is 1.16 bits per heavy atom. The molecule has 0 spiro atoms. The summed E-state index contributed by atoms with van der Waals surface area (Å²) in [5.41, 5.74) is -0.552. The van der Waals surface area contributed by atoms with Gasteiger partial charge in [-0.1, -0.05) is 6.07 Å². The van der Waals surface area contributed by atoms with Crippen molar-refractivity contribution in [1.29, 1.82) is 0 Å². The molecule has 0 aliphatic carbocycles. The lowest BCUT2D eigenvalue weighted by atomic mass is 9.95. The molecule has 5 atom stereocenters. The Balaban J connectivity index is 1.28. The van der Waals surface area contributed by atoms with Gasteiger partial charge in [0.1, 0.15) is 41.8 Å². The number of fused-ring (bicyclic) bond motifs is 5. The first-order valence-corrected chi connectivity index (χ1v) is 16.9. The fourth-order valence-corrected chi connectivity index (χ4v) is 8.85. The molecule has 0 radical (unpaired) electrons. The van der Waals surface area contributed by atoms with Gasteiger partial charge in [-0.2, -0.15) is 9.97 Å². The number of aromatic hydroxyl groups is 1. The number of phenolic OH excluding ortho intramolecular Hbond substituents is 1. The maximum absolute atomic E-state index is 16.8. The topological polar surface area (TPSA) is 110 Å². The van der Waals surface area contributed by atoms with E-state index in [0.717, 1.165) is 32.2 Å². The summed E-state index contributed by atoms with van der Waals surface area (Å²) in [5.74, 6) is -1.17. The zero-order chi connectivity index (χ0) is 31.0. The first kappa shape index (κ1) is 29.0. The van der Waals surface area contributed by atoms with Crippen LogP contribution in [0.15, 0.2) is 35.4 Å². The van der Waals surface area contributed by atoms with Crippen molar-refractivity contribution in [3.63, 3.8) is 0 Å². The Bertz CT molecular complexity index is 1820. The van der Waals surface area contributed by atoms with Crippen LogP contribution in [-0.2, 0) is 11.2 Å². The Labute approximate surface area is 261 Å². The van der Waals surface area contributed by atoms with Gasteiger partial charge in [-0.25, -0.2) is 13.2 Å². The number of phenols is 1. The molecule has 45 heavy (non-hydrogen) atoms. The molecule has 2 aromatic carbocycles. The summed E-state index contributed by atoms with van der Waals surface area (Å²) in [4.78, 5) is 17.9. The van der Waals surface area contributed by atoms with Crippen LogP contribution in [0, 0.1) is 11.6 Å². The average molecular weight is 639 g/mol. The Morgan fingerprint density at radius 3 is 2.73 bits per heavy atom. The zero-order valence-electron chi connectivity index (χ0n) is 24.7. The maximum atomic E-state index is 16.8. The van der Waals surface area contributed by atoms with E-state index in [2.05, 4.69) is 25.1 Å². The van der Waals surface area contributed by atoms with Crippen molar-refractivity contribution >= 4 is 38.7 Å². The number of nitrogens with zero attached hydrogens (tertiary/aromatic N) is 5. The number of piperazine rings is 1. The van der Waals surface area contributed by atoms with Gasteiger partial charge in [-0.15, -0.1) is 0 Å². The molecule has 4 aliphatic rings.